The minimum Gasteiger partial charge on any atom is -0.465 e. The summed E-state index contributed by atoms with van der Waals surface area (Å²) in [4.78, 5) is 39.4. The van der Waals surface area contributed by atoms with Crippen LogP contribution in [0.2, 0.25) is 0 Å². The van der Waals surface area contributed by atoms with Crippen molar-refractivity contribution >= 4 is 28.3 Å². The van der Waals surface area contributed by atoms with E-state index in [-0.39, 0.29) is 25.1 Å². The number of urea groups is 1. The van der Waals surface area contributed by atoms with Crippen molar-refractivity contribution < 1.29 is 36.0 Å². The number of carbonyl (C=O) groups is 3. The minimum absolute atomic E-state index is 0.0571. The average molecular weight is 533 g/mol. The molecule has 3 fully saturated rings. The van der Waals surface area contributed by atoms with E-state index in [1.54, 1.807) is 0 Å². The number of esters is 1. The third kappa shape index (κ3) is 7.53. The Hall–Kier alpha value is -1.96. The number of nitrogens with zero attached hydrogens (tertiary/aromatic N) is 2. The fourth-order valence-electron chi connectivity index (χ4n) is 4.55. The predicted octanol–water partition coefficient (Wildman–Crippen LogP) is 1.47. The molecule has 3 aliphatic heterocycles. The largest absolute Gasteiger partial charge is 0.465 e. The van der Waals surface area contributed by atoms with Crippen molar-refractivity contribution in [2.24, 2.45) is 5.41 Å². The lowest BCUT2D eigenvalue weighted by molar-refractivity contribution is -0.156. The Morgan fingerprint density at radius 2 is 1.83 bits per heavy atom. The van der Waals surface area contributed by atoms with Gasteiger partial charge in [0.2, 0.25) is 5.91 Å². The third-order valence-electron chi connectivity index (χ3n) is 6.83. The van der Waals surface area contributed by atoms with Gasteiger partial charge >= 0.3 is 22.4 Å². The minimum atomic E-state index is -4.63. The van der Waals surface area contributed by atoms with Crippen molar-refractivity contribution in [3.63, 3.8) is 0 Å². The van der Waals surface area contributed by atoms with E-state index < -0.39 is 46.5 Å². The zero-order valence-electron chi connectivity index (χ0n) is 21.5. The molecular weight excluding hydrogens is 492 g/mol. The van der Waals surface area contributed by atoms with Gasteiger partial charge in [-0.1, -0.05) is 26.2 Å². The summed E-state index contributed by atoms with van der Waals surface area (Å²) in [5.74, 6) is -0.805. The van der Waals surface area contributed by atoms with E-state index in [9.17, 15) is 22.8 Å². The molecule has 3 rings (SSSR count). The smallest absolute Gasteiger partial charge is 0.421 e. The molecule has 12 nitrogen and oxygen atoms in total. The monoisotopic (exact) mass is 532 g/mol. The molecule has 0 aromatic heterocycles. The summed E-state index contributed by atoms with van der Waals surface area (Å²) in [5, 5.41) is 7.01. The van der Waals surface area contributed by atoms with Crippen LogP contribution in [0.5, 0.6) is 0 Å². The SMILES string of the molecule is CCCCCCOC(=O)C(C)(C)COS(=O)(=O)ON1C(=O)N2CC1CCC2C(=O)NC1CCNCC1. The molecule has 2 N–H and O–H groups in total. The van der Waals surface area contributed by atoms with Gasteiger partial charge in [-0.15, -0.1) is 4.28 Å². The molecule has 3 saturated heterocycles. The Balaban J connectivity index is 1.49. The Kier molecular flexibility index (Phi) is 9.95. The molecular formula is C23H40N4O8S. The maximum Gasteiger partial charge on any atom is 0.421 e. The number of piperidine rings is 2. The van der Waals surface area contributed by atoms with E-state index in [0.717, 1.165) is 56.7 Å². The predicted molar refractivity (Wildman–Crippen MR) is 130 cm³/mol. The number of nitrogens with one attached hydrogen (secondary N) is 2. The lowest BCUT2D eigenvalue weighted by Gasteiger charge is -2.32. The number of fused-ring (bicyclic) bond motifs is 2. The summed E-state index contributed by atoms with van der Waals surface area (Å²) >= 11 is 0. The molecule has 0 radical (unpaired) electrons. The highest BCUT2D eigenvalue weighted by Crippen LogP contribution is 2.31. The number of hydrogen-bond acceptors (Lipinski definition) is 9. The fourth-order valence-corrected chi connectivity index (χ4v) is 5.42. The maximum atomic E-state index is 12.9. The van der Waals surface area contributed by atoms with Crippen molar-refractivity contribution in [2.75, 3.05) is 32.8 Å². The zero-order valence-corrected chi connectivity index (χ0v) is 22.3. The number of unbranched alkanes of at least 4 members (excludes halogenated alkanes) is 3. The quantitative estimate of drug-likeness (QED) is 0.266. The highest BCUT2D eigenvalue weighted by atomic mass is 32.3. The summed E-state index contributed by atoms with van der Waals surface area (Å²) in [6.07, 6.45) is 6.27. The molecule has 13 heteroatoms. The summed E-state index contributed by atoms with van der Waals surface area (Å²) in [6, 6.07) is -1.82. The van der Waals surface area contributed by atoms with Crippen molar-refractivity contribution in [2.45, 2.75) is 90.3 Å². The topological polar surface area (TPSA) is 144 Å². The van der Waals surface area contributed by atoms with Crippen LogP contribution in [-0.2, 0) is 33.2 Å². The first kappa shape index (κ1) is 28.6. The number of hydroxylamine groups is 2. The molecule has 3 amide bonds. The zero-order chi connectivity index (χ0) is 26.3. The molecule has 3 aliphatic rings. The summed E-state index contributed by atoms with van der Waals surface area (Å²) in [6.45, 7) is 6.72. The van der Waals surface area contributed by atoms with Crippen LogP contribution in [0.3, 0.4) is 0 Å². The molecule has 206 valence electrons. The summed E-state index contributed by atoms with van der Waals surface area (Å²) in [7, 11) is -4.63. The van der Waals surface area contributed by atoms with E-state index in [2.05, 4.69) is 17.6 Å². The van der Waals surface area contributed by atoms with Gasteiger partial charge in [0.15, 0.2) is 0 Å². The Morgan fingerprint density at radius 3 is 2.53 bits per heavy atom. The van der Waals surface area contributed by atoms with Crippen LogP contribution in [-0.4, -0.2) is 87.3 Å². The number of amides is 3. The standard InChI is InChI=1S/C23H40N4O8S/c1-4-5-6-7-14-33-21(29)23(2,3)16-34-36(31,32)35-27-18-8-9-19(26(15-18)22(27)30)20(28)25-17-10-12-24-13-11-17/h17-19,24H,4-16H2,1-3H3,(H,25,28). The normalized spacial score (nSPS) is 23.1. The van der Waals surface area contributed by atoms with Gasteiger partial charge in [-0.2, -0.15) is 13.5 Å². The van der Waals surface area contributed by atoms with Gasteiger partial charge in [-0.05, 0) is 59.0 Å². The average Bonchev–Trinajstić information content (AvgIpc) is 3.07. The second-order valence-electron chi connectivity index (χ2n) is 10.4. The van der Waals surface area contributed by atoms with Crippen LogP contribution >= 0.6 is 0 Å². The number of carbonyl (C=O) groups excluding carboxylic acids is 3. The van der Waals surface area contributed by atoms with E-state index >= 15 is 0 Å². The van der Waals surface area contributed by atoms with Gasteiger partial charge < -0.3 is 20.3 Å². The molecule has 36 heavy (non-hydrogen) atoms. The van der Waals surface area contributed by atoms with E-state index in [0.29, 0.717) is 12.8 Å². The molecule has 3 heterocycles. The molecule has 2 unspecified atom stereocenters. The van der Waals surface area contributed by atoms with Gasteiger partial charge in [-0.3, -0.25) is 9.59 Å². The van der Waals surface area contributed by atoms with Gasteiger partial charge in [0.1, 0.15) is 6.04 Å². The number of rotatable bonds is 13. The first-order chi connectivity index (χ1) is 17.0. The highest BCUT2D eigenvalue weighted by molar-refractivity contribution is 7.81. The van der Waals surface area contributed by atoms with Gasteiger partial charge in [0.25, 0.3) is 0 Å². The van der Waals surface area contributed by atoms with E-state index in [4.69, 9.17) is 13.2 Å². The van der Waals surface area contributed by atoms with Crippen LogP contribution in [0.4, 0.5) is 4.79 Å². The van der Waals surface area contributed by atoms with Crippen molar-refractivity contribution in [1.29, 1.82) is 0 Å². The Labute approximate surface area is 213 Å². The molecule has 0 aromatic carbocycles. The Morgan fingerprint density at radius 1 is 1.11 bits per heavy atom. The van der Waals surface area contributed by atoms with Crippen LogP contribution < -0.4 is 10.6 Å². The van der Waals surface area contributed by atoms with Crippen molar-refractivity contribution in [3.8, 4) is 0 Å². The van der Waals surface area contributed by atoms with Crippen LogP contribution in [0, 0.1) is 5.41 Å². The van der Waals surface area contributed by atoms with Crippen LogP contribution in [0.15, 0.2) is 0 Å². The Bertz CT molecular complexity index is 891. The van der Waals surface area contributed by atoms with Gasteiger partial charge in [0.05, 0.1) is 24.7 Å². The second kappa shape index (κ2) is 12.5. The third-order valence-corrected chi connectivity index (χ3v) is 7.58. The second-order valence-corrected chi connectivity index (χ2v) is 11.6. The fraction of sp³-hybridized carbons (Fsp3) is 0.870. The lowest BCUT2D eigenvalue weighted by atomic mass is 9.95. The lowest BCUT2D eigenvalue weighted by Crippen LogP contribution is -2.53. The van der Waals surface area contributed by atoms with Gasteiger partial charge in [-0.25, -0.2) is 8.98 Å². The molecule has 0 saturated carbocycles. The van der Waals surface area contributed by atoms with Crippen molar-refractivity contribution in [1.82, 2.24) is 20.6 Å². The van der Waals surface area contributed by atoms with Crippen LogP contribution in [0.25, 0.3) is 0 Å². The summed E-state index contributed by atoms with van der Waals surface area (Å²) in [5.41, 5.74) is -1.23. The molecule has 0 aliphatic carbocycles. The van der Waals surface area contributed by atoms with E-state index in [1.165, 1.54) is 18.7 Å². The van der Waals surface area contributed by atoms with Gasteiger partial charge in [0, 0.05) is 12.6 Å². The van der Waals surface area contributed by atoms with Crippen LogP contribution in [0.1, 0.15) is 72.1 Å². The number of ether oxygens (including phenoxy) is 1. The van der Waals surface area contributed by atoms with Crippen molar-refractivity contribution in [3.05, 3.63) is 0 Å². The molecule has 0 spiro atoms. The molecule has 2 atom stereocenters. The maximum absolute atomic E-state index is 12.9. The number of hydrogen-bond donors (Lipinski definition) is 2. The highest BCUT2D eigenvalue weighted by Gasteiger charge is 2.50. The first-order valence-corrected chi connectivity index (χ1v) is 14.2. The molecule has 2 bridgehead atoms. The summed E-state index contributed by atoms with van der Waals surface area (Å²) < 4.78 is 40.2. The van der Waals surface area contributed by atoms with E-state index in [1.807, 2.05) is 0 Å². The first-order valence-electron chi connectivity index (χ1n) is 12.9. The molecule has 0 aromatic rings.